The van der Waals surface area contributed by atoms with Crippen molar-refractivity contribution >= 4 is 49.0 Å². The lowest BCUT2D eigenvalue weighted by atomic mass is 10.6. The van der Waals surface area contributed by atoms with Gasteiger partial charge in [-0.25, -0.2) is 0 Å². The Morgan fingerprint density at radius 1 is 0.889 bits per heavy atom. The van der Waals surface area contributed by atoms with Crippen LogP contribution in [0.4, 0.5) is 0 Å². The fourth-order valence-electron chi connectivity index (χ4n) is 0.516. The van der Waals surface area contributed by atoms with Crippen molar-refractivity contribution in [1.29, 1.82) is 0 Å². The number of hydrogen-bond donors (Lipinski definition) is 1. The molecular formula is C4H12Cl3NS. The van der Waals surface area contributed by atoms with Crippen molar-refractivity contribution in [2.45, 2.75) is 0 Å². The van der Waals surface area contributed by atoms with Crippen LogP contribution in [0, 0.1) is 0 Å². The zero-order valence-electron chi connectivity index (χ0n) is 4.96. The van der Waals surface area contributed by atoms with Crippen LogP contribution < -0.4 is 5.32 Å². The van der Waals surface area contributed by atoms with Gasteiger partial charge in [0.25, 0.3) is 0 Å². The van der Waals surface area contributed by atoms with Gasteiger partial charge < -0.3 is 5.32 Å². The quantitative estimate of drug-likeness (QED) is 0.655. The zero-order valence-corrected chi connectivity index (χ0v) is 8.23. The highest BCUT2D eigenvalue weighted by molar-refractivity contribution is 7.99. The Bertz CT molecular complexity index is 31.3. The lowest BCUT2D eigenvalue weighted by Gasteiger charge is -2.08. The van der Waals surface area contributed by atoms with Crippen molar-refractivity contribution in [2.75, 3.05) is 24.6 Å². The summed E-state index contributed by atoms with van der Waals surface area (Å²) in [5.41, 5.74) is 0. The SMILES string of the molecule is C1CSCCN1.Cl.Cl.Cl. The Balaban J connectivity index is -0.000000120. The molecule has 0 aliphatic carbocycles. The van der Waals surface area contributed by atoms with Gasteiger partial charge in [0.15, 0.2) is 0 Å². The van der Waals surface area contributed by atoms with Crippen molar-refractivity contribution in [1.82, 2.24) is 5.32 Å². The summed E-state index contributed by atoms with van der Waals surface area (Å²) in [6.07, 6.45) is 0. The third-order valence-electron chi connectivity index (χ3n) is 0.846. The molecule has 1 saturated heterocycles. The first-order valence-corrected chi connectivity index (χ1v) is 3.44. The molecule has 0 aromatic carbocycles. The first kappa shape index (κ1) is 16.6. The third kappa shape index (κ3) is 9.18. The minimum atomic E-state index is 0. The summed E-state index contributed by atoms with van der Waals surface area (Å²) in [6.45, 7) is 2.43. The Labute approximate surface area is 79.0 Å². The largest absolute Gasteiger partial charge is 0.315 e. The monoisotopic (exact) mass is 211 g/mol. The summed E-state index contributed by atoms with van der Waals surface area (Å²) >= 11 is 2.03. The van der Waals surface area contributed by atoms with E-state index in [4.69, 9.17) is 0 Å². The fraction of sp³-hybridized carbons (Fsp3) is 1.00. The summed E-state index contributed by atoms with van der Waals surface area (Å²) in [6, 6.07) is 0. The predicted molar refractivity (Wildman–Crippen MR) is 51.9 cm³/mol. The minimum absolute atomic E-state index is 0. The Hall–Kier alpha value is 1.18. The van der Waals surface area contributed by atoms with Crippen molar-refractivity contribution in [3.8, 4) is 0 Å². The predicted octanol–water partition coefficient (Wildman–Crippen LogP) is 1.59. The molecule has 1 aliphatic rings. The van der Waals surface area contributed by atoms with Crippen LogP contribution in [0.3, 0.4) is 0 Å². The fourth-order valence-corrected chi connectivity index (χ4v) is 1.30. The number of rotatable bonds is 0. The zero-order chi connectivity index (χ0) is 4.24. The first-order valence-electron chi connectivity index (χ1n) is 2.28. The summed E-state index contributed by atoms with van der Waals surface area (Å²) in [4.78, 5) is 0. The van der Waals surface area contributed by atoms with Gasteiger partial charge in [-0.15, -0.1) is 37.2 Å². The maximum absolute atomic E-state index is 3.26. The topological polar surface area (TPSA) is 12.0 Å². The highest BCUT2D eigenvalue weighted by Gasteiger charge is 1.93. The van der Waals surface area contributed by atoms with Crippen LogP contribution in [0.1, 0.15) is 0 Å². The van der Waals surface area contributed by atoms with Crippen LogP contribution >= 0.6 is 49.0 Å². The van der Waals surface area contributed by atoms with E-state index in [9.17, 15) is 0 Å². The van der Waals surface area contributed by atoms with E-state index >= 15 is 0 Å². The maximum atomic E-state index is 3.26. The number of halogens is 3. The van der Waals surface area contributed by atoms with Gasteiger partial charge in [0.05, 0.1) is 0 Å². The van der Waals surface area contributed by atoms with E-state index in [2.05, 4.69) is 5.32 Å². The van der Waals surface area contributed by atoms with Crippen molar-refractivity contribution in [2.24, 2.45) is 0 Å². The highest BCUT2D eigenvalue weighted by atomic mass is 35.5. The molecular weight excluding hydrogens is 200 g/mol. The van der Waals surface area contributed by atoms with Gasteiger partial charge in [0, 0.05) is 24.6 Å². The standard InChI is InChI=1S/C4H9NS.3ClH/c1-3-6-4-2-5-1;;;/h5H,1-4H2;3*1H. The molecule has 1 fully saturated rings. The Morgan fingerprint density at radius 3 is 1.44 bits per heavy atom. The van der Waals surface area contributed by atoms with Crippen LogP contribution in [-0.2, 0) is 0 Å². The normalized spacial score (nSPS) is 16.0. The maximum Gasteiger partial charge on any atom is 0.00585 e. The van der Waals surface area contributed by atoms with Gasteiger partial charge in [-0.05, 0) is 0 Å². The Kier molecular flexibility index (Phi) is 22.0. The van der Waals surface area contributed by atoms with Crippen LogP contribution in [0.2, 0.25) is 0 Å². The second-order valence-electron chi connectivity index (χ2n) is 1.36. The molecule has 1 rings (SSSR count). The second-order valence-corrected chi connectivity index (χ2v) is 2.59. The van der Waals surface area contributed by atoms with E-state index in [1.54, 1.807) is 0 Å². The summed E-state index contributed by atoms with van der Waals surface area (Å²) in [7, 11) is 0. The summed E-state index contributed by atoms with van der Waals surface area (Å²) in [5.74, 6) is 2.61. The van der Waals surface area contributed by atoms with E-state index in [0.29, 0.717) is 0 Å². The van der Waals surface area contributed by atoms with E-state index in [0.717, 1.165) is 0 Å². The molecule has 5 heteroatoms. The molecule has 0 saturated carbocycles. The smallest absolute Gasteiger partial charge is 0.00585 e. The Morgan fingerprint density at radius 2 is 1.33 bits per heavy atom. The van der Waals surface area contributed by atoms with Crippen LogP contribution in [0.25, 0.3) is 0 Å². The molecule has 1 N–H and O–H groups in total. The van der Waals surface area contributed by atoms with Crippen molar-refractivity contribution < 1.29 is 0 Å². The number of nitrogens with one attached hydrogen (secondary N) is 1. The molecule has 0 bridgehead atoms. The second kappa shape index (κ2) is 11.9. The minimum Gasteiger partial charge on any atom is -0.315 e. The molecule has 60 valence electrons. The highest BCUT2D eigenvalue weighted by Crippen LogP contribution is 1.99. The lowest BCUT2D eigenvalue weighted by molar-refractivity contribution is 0.756. The number of thioether (sulfide) groups is 1. The van der Waals surface area contributed by atoms with Crippen LogP contribution in [0.15, 0.2) is 0 Å². The van der Waals surface area contributed by atoms with Crippen LogP contribution in [-0.4, -0.2) is 24.6 Å². The van der Waals surface area contributed by atoms with Gasteiger partial charge >= 0.3 is 0 Å². The van der Waals surface area contributed by atoms with Crippen molar-refractivity contribution in [3.63, 3.8) is 0 Å². The molecule has 0 aromatic heterocycles. The molecule has 0 atom stereocenters. The third-order valence-corrected chi connectivity index (χ3v) is 1.83. The van der Waals surface area contributed by atoms with E-state index in [1.807, 2.05) is 11.8 Å². The molecule has 0 radical (unpaired) electrons. The average Bonchev–Trinajstić information content (AvgIpc) is 1.72. The van der Waals surface area contributed by atoms with Gasteiger partial charge in [-0.2, -0.15) is 11.8 Å². The van der Waals surface area contributed by atoms with Crippen molar-refractivity contribution in [3.05, 3.63) is 0 Å². The summed E-state index contributed by atoms with van der Waals surface area (Å²) in [5, 5.41) is 3.26. The average molecular weight is 213 g/mol. The van der Waals surface area contributed by atoms with Gasteiger partial charge in [-0.3, -0.25) is 0 Å². The van der Waals surface area contributed by atoms with E-state index in [-0.39, 0.29) is 37.2 Å². The first-order chi connectivity index (χ1) is 3.00. The molecule has 1 aliphatic heterocycles. The summed E-state index contributed by atoms with van der Waals surface area (Å²) < 4.78 is 0. The molecule has 0 aromatic rings. The van der Waals surface area contributed by atoms with Crippen LogP contribution in [0.5, 0.6) is 0 Å². The molecule has 0 amide bonds. The molecule has 0 spiro atoms. The molecule has 0 unspecified atom stereocenters. The van der Waals surface area contributed by atoms with Gasteiger partial charge in [0.2, 0.25) is 0 Å². The van der Waals surface area contributed by atoms with Gasteiger partial charge in [0.1, 0.15) is 0 Å². The number of hydrogen-bond acceptors (Lipinski definition) is 2. The molecule has 9 heavy (non-hydrogen) atoms. The van der Waals surface area contributed by atoms with E-state index < -0.39 is 0 Å². The lowest BCUT2D eigenvalue weighted by Crippen LogP contribution is -2.24. The van der Waals surface area contributed by atoms with Gasteiger partial charge in [-0.1, -0.05) is 0 Å². The molecule has 1 nitrogen and oxygen atoms in total. The van der Waals surface area contributed by atoms with E-state index in [1.165, 1.54) is 24.6 Å². The molecule has 1 heterocycles.